The van der Waals surface area contributed by atoms with E-state index in [4.69, 9.17) is 9.15 Å². The number of sulfonamides is 1. The highest BCUT2D eigenvalue weighted by atomic mass is 32.2. The summed E-state index contributed by atoms with van der Waals surface area (Å²) in [6.07, 6.45) is 2.31. The zero-order chi connectivity index (χ0) is 17.8. The number of hydrogen-bond acceptors (Lipinski definition) is 5. The lowest BCUT2D eigenvalue weighted by atomic mass is 10.1. The summed E-state index contributed by atoms with van der Waals surface area (Å²) in [7, 11) is -3.75. The molecule has 0 aliphatic carbocycles. The van der Waals surface area contributed by atoms with E-state index in [-0.39, 0.29) is 11.4 Å². The Kier molecular flexibility index (Phi) is 5.69. The maximum atomic E-state index is 12.4. The van der Waals surface area contributed by atoms with Gasteiger partial charge in [0.05, 0.1) is 17.8 Å². The van der Waals surface area contributed by atoms with Crippen LogP contribution in [0.4, 0.5) is 0 Å². The van der Waals surface area contributed by atoms with Gasteiger partial charge in [0, 0.05) is 6.54 Å². The van der Waals surface area contributed by atoms with Gasteiger partial charge in [-0.2, -0.15) is 0 Å². The minimum absolute atomic E-state index is 0.124. The topological polar surface area (TPSA) is 88.8 Å². The summed E-state index contributed by atoms with van der Waals surface area (Å²) in [6, 6.07) is 7.91. The molecule has 0 saturated carbocycles. The van der Waals surface area contributed by atoms with Gasteiger partial charge in [0.15, 0.2) is 0 Å². The second-order valence-corrected chi connectivity index (χ2v) is 7.62. The Labute approximate surface area is 142 Å². The summed E-state index contributed by atoms with van der Waals surface area (Å²) in [5, 5.41) is 10.3. The number of ether oxygens (including phenoxy) is 1. The summed E-state index contributed by atoms with van der Waals surface area (Å²) in [4.78, 5) is 0.124. The molecule has 0 saturated heterocycles. The molecule has 0 aliphatic heterocycles. The maximum Gasteiger partial charge on any atom is 0.240 e. The number of hydrogen-bond donors (Lipinski definition) is 2. The van der Waals surface area contributed by atoms with E-state index in [0.717, 1.165) is 12.0 Å². The SMILES string of the molecule is CCCOc1ccc(S(=O)(=O)NCC(C)(O)c2ccco2)cc1C. The predicted octanol–water partition coefficient (Wildman–Crippen LogP) is 2.56. The van der Waals surface area contributed by atoms with Gasteiger partial charge >= 0.3 is 0 Å². The van der Waals surface area contributed by atoms with Crippen molar-refractivity contribution in [3.8, 4) is 5.75 Å². The number of nitrogens with one attached hydrogen (secondary N) is 1. The standard InChI is InChI=1S/C17H23NO5S/c1-4-9-22-15-8-7-14(11-13(15)2)24(20,21)18-12-17(3,19)16-6-5-10-23-16/h5-8,10-11,18-19H,4,9,12H2,1-3H3. The molecule has 132 valence electrons. The van der Waals surface area contributed by atoms with Crippen molar-refractivity contribution >= 4 is 10.0 Å². The average molecular weight is 353 g/mol. The highest BCUT2D eigenvalue weighted by molar-refractivity contribution is 7.89. The van der Waals surface area contributed by atoms with Gasteiger partial charge in [-0.25, -0.2) is 13.1 Å². The molecule has 0 aliphatic rings. The van der Waals surface area contributed by atoms with Crippen molar-refractivity contribution in [1.29, 1.82) is 0 Å². The molecule has 2 aromatic rings. The van der Waals surface area contributed by atoms with Gasteiger partial charge in [-0.15, -0.1) is 0 Å². The van der Waals surface area contributed by atoms with E-state index < -0.39 is 15.6 Å². The lowest BCUT2D eigenvalue weighted by Gasteiger charge is -2.21. The van der Waals surface area contributed by atoms with Gasteiger partial charge in [-0.1, -0.05) is 6.92 Å². The van der Waals surface area contributed by atoms with Crippen molar-refractivity contribution in [2.45, 2.75) is 37.7 Å². The van der Waals surface area contributed by atoms with Crippen LogP contribution < -0.4 is 9.46 Å². The van der Waals surface area contributed by atoms with E-state index in [1.165, 1.54) is 19.3 Å². The third-order valence-corrected chi connectivity index (χ3v) is 4.98. The third kappa shape index (κ3) is 4.37. The number of benzene rings is 1. The zero-order valence-corrected chi connectivity index (χ0v) is 14.9. The number of aryl methyl sites for hydroxylation is 1. The van der Waals surface area contributed by atoms with Crippen molar-refractivity contribution in [2.24, 2.45) is 0 Å². The molecular weight excluding hydrogens is 330 g/mol. The Morgan fingerprint density at radius 1 is 1.33 bits per heavy atom. The lowest BCUT2D eigenvalue weighted by molar-refractivity contribution is 0.0395. The lowest BCUT2D eigenvalue weighted by Crippen LogP contribution is -2.38. The van der Waals surface area contributed by atoms with E-state index >= 15 is 0 Å². The smallest absolute Gasteiger partial charge is 0.240 e. The molecular formula is C17H23NO5S. The third-order valence-electron chi connectivity index (χ3n) is 3.58. The second kappa shape index (κ2) is 7.38. The van der Waals surface area contributed by atoms with Crippen LogP contribution in [0.2, 0.25) is 0 Å². The minimum atomic E-state index is -3.75. The Bertz CT molecular complexity index is 766. The van der Waals surface area contributed by atoms with Crippen LogP contribution >= 0.6 is 0 Å². The Morgan fingerprint density at radius 2 is 2.08 bits per heavy atom. The van der Waals surface area contributed by atoms with Crippen LogP contribution in [-0.4, -0.2) is 26.7 Å². The monoisotopic (exact) mass is 353 g/mol. The van der Waals surface area contributed by atoms with Crippen LogP contribution in [0.25, 0.3) is 0 Å². The molecule has 24 heavy (non-hydrogen) atoms. The van der Waals surface area contributed by atoms with E-state index in [1.54, 1.807) is 31.2 Å². The summed E-state index contributed by atoms with van der Waals surface area (Å²) < 4.78 is 38.0. The van der Waals surface area contributed by atoms with Crippen molar-refractivity contribution in [3.05, 3.63) is 47.9 Å². The molecule has 1 aromatic carbocycles. The Morgan fingerprint density at radius 3 is 2.67 bits per heavy atom. The second-order valence-electron chi connectivity index (χ2n) is 5.85. The summed E-state index contributed by atoms with van der Waals surface area (Å²) in [5.74, 6) is 0.961. The maximum absolute atomic E-state index is 12.4. The number of furan rings is 1. The first kappa shape index (κ1) is 18.5. The first-order valence-electron chi connectivity index (χ1n) is 7.76. The van der Waals surface area contributed by atoms with Crippen LogP contribution in [0.5, 0.6) is 5.75 Å². The molecule has 1 unspecified atom stereocenters. The molecule has 2 rings (SSSR count). The quantitative estimate of drug-likeness (QED) is 0.761. The van der Waals surface area contributed by atoms with Crippen molar-refractivity contribution < 1.29 is 22.7 Å². The summed E-state index contributed by atoms with van der Waals surface area (Å²) in [6.45, 7) is 5.67. The molecule has 0 radical (unpaired) electrons. The van der Waals surface area contributed by atoms with E-state index in [1.807, 2.05) is 6.92 Å². The van der Waals surface area contributed by atoms with Crippen LogP contribution in [-0.2, 0) is 15.6 Å². The fourth-order valence-electron chi connectivity index (χ4n) is 2.15. The van der Waals surface area contributed by atoms with Crippen molar-refractivity contribution in [3.63, 3.8) is 0 Å². The Balaban J connectivity index is 2.11. The minimum Gasteiger partial charge on any atom is -0.493 e. The first-order chi connectivity index (χ1) is 11.3. The van der Waals surface area contributed by atoms with E-state index in [9.17, 15) is 13.5 Å². The fourth-order valence-corrected chi connectivity index (χ4v) is 3.37. The van der Waals surface area contributed by atoms with Gasteiger partial charge in [0.2, 0.25) is 10.0 Å². The Hall–Kier alpha value is -1.83. The molecule has 2 N–H and O–H groups in total. The van der Waals surface area contributed by atoms with Gasteiger partial charge < -0.3 is 14.3 Å². The number of rotatable bonds is 8. The molecule has 0 spiro atoms. The van der Waals surface area contributed by atoms with Crippen molar-refractivity contribution in [2.75, 3.05) is 13.2 Å². The summed E-state index contributed by atoms with van der Waals surface area (Å²) in [5.41, 5.74) is -0.695. The number of aliphatic hydroxyl groups is 1. The molecule has 0 fully saturated rings. The van der Waals surface area contributed by atoms with Gasteiger partial charge in [0.25, 0.3) is 0 Å². The highest BCUT2D eigenvalue weighted by Gasteiger charge is 2.28. The van der Waals surface area contributed by atoms with Crippen molar-refractivity contribution in [1.82, 2.24) is 4.72 Å². The van der Waals surface area contributed by atoms with E-state index in [0.29, 0.717) is 18.1 Å². The largest absolute Gasteiger partial charge is 0.493 e. The van der Waals surface area contributed by atoms with Gasteiger partial charge in [-0.3, -0.25) is 0 Å². The predicted molar refractivity (Wildman–Crippen MR) is 90.4 cm³/mol. The van der Waals surface area contributed by atoms with Gasteiger partial charge in [-0.05, 0) is 56.2 Å². The van der Waals surface area contributed by atoms with Crippen LogP contribution in [0.1, 0.15) is 31.6 Å². The molecule has 1 aromatic heterocycles. The molecule has 7 heteroatoms. The first-order valence-corrected chi connectivity index (χ1v) is 9.24. The normalized spacial score (nSPS) is 14.3. The average Bonchev–Trinajstić information content (AvgIpc) is 3.07. The zero-order valence-electron chi connectivity index (χ0n) is 14.1. The molecule has 1 heterocycles. The molecule has 0 amide bonds. The summed E-state index contributed by atoms with van der Waals surface area (Å²) >= 11 is 0. The van der Waals surface area contributed by atoms with E-state index in [2.05, 4.69) is 4.72 Å². The molecule has 1 atom stereocenters. The van der Waals surface area contributed by atoms with Gasteiger partial charge in [0.1, 0.15) is 17.1 Å². The fraction of sp³-hybridized carbons (Fsp3) is 0.412. The highest BCUT2D eigenvalue weighted by Crippen LogP contribution is 2.24. The van der Waals surface area contributed by atoms with Crippen LogP contribution in [0.3, 0.4) is 0 Å². The van der Waals surface area contributed by atoms with Crippen LogP contribution in [0.15, 0.2) is 45.9 Å². The molecule has 0 bridgehead atoms. The molecule has 6 nitrogen and oxygen atoms in total. The van der Waals surface area contributed by atoms with Crippen LogP contribution in [0, 0.1) is 6.92 Å².